The van der Waals surface area contributed by atoms with Crippen LogP contribution in [0.25, 0.3) is 0 Å². The van der Waals surface area contributed by atoms with Crippen LogP contribution in [0.15, 0.2) is 91.9 Å². The fourth-order valence-corrected chi connectivity index (χ4v) is 3.02. The Morgan fingerprint density at radius 3 is 1.40 bits per heavy atom. The number of allylic oxidation sites excluding steroid dienone is 2. The Morgan fingerprint density at radius 1 is 0.675 bits per heavy atom. The maximum atomic E-state index is 12.0. The van der Waals surface area contributed by atoms with Crippen molar-refractivity contribution in [2.45, 2.75) is 40.5 Å². The number of aliphatic hydroxyl groups is 2. The highest BCUT2D eigenvalue weighted by atomic mass is 16.5. The molecule has 12 nitrogen and oxygen atoms in total. The summed E-state index contributed by atoms with van der Waals surface area (Å²) in [5.74, 6) is -1.23. The van der Waals surface area contributed by atoms with Gasteiger partial charge in [0.15, 0.2) is 0 Å². The van der Waals surface area contributed by atoms with Crippen LogP contribution in [0.3, 0.4) is 0 Å². The summed E-state index contributed by atoms with van der Waals surface area (Å²) in [6, 6.07) is 13.8. The van der Waals surface area contributed by atoms with E-state index >= 15 is 0 Å². The van der Waals surface area contributed by atoms with Crippen LogP contribution in [-0.4, -0.2) is 48.6 Å². The zero-order valence-corrected chi connectivity index (χ0v) is 23.0. The Morgan fingerprint density at radius 2 is 1.05 bits per heavy atom. The predicted molar refractivity (Wildman–Crippen MR) is 146 cm³/mol. The molecule has 0 aromatic heterocycles. The molecule has 0 fully saturated rings. The van der Waals surface area contributed by atoms with E-state index in [4.69, 9.17) is 18.9 Å². The third kappa shape index (κ3) is 10.2. The lowest BCUT2D eigenvalue weighted by molar-refractivity contribution is -0.139. The first kappa shape index (κ1) is 31.5. The monoisotopic (exact) mass is 554 g/mol. The van der Waals surface area contributed by atoms with E-state index < -0.39 is 11.9 Å². The number of benzene rings is 2. The van der Waals surface area contributed by atoms with Gasteiger partial charge in [0.2, 0.25) is 11.4 Å². The molecule has 214 valence electrons. The van der Waals surface area contributed by atoms with E-state index in [1.165, 1.54) is 13.8 Å². The molecule has 0 aliphatic rings. The predicted octanol–water partition coefficient (Wildman–Crippen LogP) is 6.80. The van der Waals surface area contributed by atoms with Gasteiger partial charge in [-0.05, 0) is 64.8 Å². The normalized spacial score (nSPS) is 12.6. The fourth-order valence-electron chi connectivity index (χ4n) is 3.02. The third-order valence-electron chi connectivity index (χ3n) is 4.92. The average molecular weight is 555 g/mol. The van der Waals surface area contributed by atoms with Crippen LogP contribution in [0.1, 0.15) is 40.5 Å². The number of rotatable bonds is 15. The smallest absolute Gasteiger partial charge is 0.362 e. The third-order valence-corrected chi connectivity index (χ3v) is 4.92. The Labute approximate surface area is 232 Å². The summed E-state index contributed by atoms with van der Waals surface area (Å²) in [6.45, 7) is 6.95. The molecule has 0 saturated carbocycles. The molecule has 0 aliphatic carbocycles. The van der Waals surface area contributed by atoms with Gasteiger partial charge in [-0.3, -0.25) is 0 Å². The summed E-state index contributed by atoms with van der Waals surface area (Å²) in [4.78, 5) is 23.9. The first-order chi connectivity index (χ1) is 19.3. The highest BCUT2D eigenvalue weighted by molar-refractivity contribution is 5.88. The Bertz CT molecular complexity index is 1160. The minimum Gasteiger partial charge on any atom is -0.510 e. The zero-order chi connectivity index (χ0) is 29.3. The highest BCUT2D eigenvalue weighted by Crippen LogP contribution is 2.29. The molecule has 0 aliphatic heterocycles. The molecular weight excluding hydrogens is 520 g/mol. The molecular formula is C28H34N4O8. The molecule has 0 atom stereocenters. The number of unbranched alkanes of at least 4 members (excludes halogenated alkanes) is 1. The van der Waals surface area contributed by atoms with Crippen LogP contribution in [0.2, 0.25) is 0 Å². The molecule has 0 unspecified atom stereocenters. The standard InChI is InChI=1S/C28H34N4O8/c1-5-37-27(35)25(19(3)33)31-29-21-13-7-9-15-23(21)39-17-11-12-18-40-24-16-10-8-14-22(24)30-32-26(20(4)34)28(36)38-6-2/h7-10,13-16,33-34H,5-6,11-12,17-18H2,1-4H3/b25-19-,26-20+,31-29?,32-30?. The molecule has 0 radical (unpaired) electrons. The number of esters is 2. The second-order valence-electron chi connectivity index (χ2n) is 8.05. The molecule has 2 rings (SSSR count). The van der Waals surface area contributed by atoms with Gasteiger partial charge in [0.1, 0.15) is 34.4 Å². The van der Waals surface area contributed by atoms with E-state index in [2.05, 4.69) is 20.5 Å². The molecule has 2 aromatic carbocycles. The van der Waals surface area contributed by atoms with Crippen LogP contribution >= 0.6 is 0 Å². The first-order valence-electron chi connectivity index (χ1n) is 12.7. The maximum absolute atomic E-state index is 12.0. The largest absolute Gasteiger partial charge is 0.510 e. The van der Waals surface area contributed by atoms with Crippen molar-refractivity contribution in [3.05, 3.63) is 71.4 Å². The number of nitrogens with zero attached hydrogens (tertiary/aromatic N) is 4. The number of para-hydroxylation sites is 2. The Hall–Kier alpha value is -4.74. The van der Waals surface area contributed by atoms with Crippen molar-refractivity contribution < 1.29 is 38.7 Å². The van der Waals surface area contributed by atoms with Gasteiger partial charge in [0, 0.05) is 0 Å². The lowest BCUT2D eigenvalue weighted by Gasteiger charge is -2.10. The van der Waals surface area contributed by atoms with Gasteiger partial charge >= 0.3 is 11.9 Å². The Kier molecular flexibility index (Phi) is 13.4. The minimum absolute atomic E-state index is 0.140. The topological polar surface area (TPSA) is 161 Å². The van der Waals surface area contributed by atoms with Crippen molar-refractivity contribution >= 4 is 23.3 Å². The molecule has 2 aromatic rings. The molecule has 0 bridgehead atoms. The summed E-state index contributed by atoms with van der Waals surface area (Å²) < 4.78 is 21.4. The van der Waals surface area contributed by atoms with E-state index in [1.807, 2.05) is 0 Å². The number of hydrogen-bond donors (Lipinski definition) is 2. The van der Waals surface area contributed by atoms with E-state index in [1.54, 1.807) is 62.4 Å². The van der Waals surface area contributed by atoms with Crippen LogP contribution in [0.4, 0.5) is 11.4 Å². The van der Waals surface area contributed by atoms with E-state index in [9.17, 15) is 19.8 Å². The average Bonchev–Trinajstić information content (AvgIpc) is 2.92. The quantitative estimate of drug-likeness (QED) is 0.0799. The van der Waals surface area contributed by atoms with Gasteiger partial charge in [0.05, 0.1) is 26.4 Å². The summed E-state index contributed by atoms with van der Waals surface area (Å²) in [6.07, 6.45) is 1.30. The number of azo groups is 2. The second kappa shape index (κ2) is 17.0. The summed E-state index contributed by atoms with van der Waals surface area (Å²) in [7, 11) is 0. The maximum Gasteiger partial charge on any atom is 0.362 e. The van der Waals surface area contributed by atoms with Crippen molar-refractivity contribution in [1.82, 2.24) is 0 Å². The molecule has 12 heteroatoms. The SMILES string of the molecule is CCOC(=O)/C(N=Nc1ccccc1OCCCCOc1ccccc1N=N/C(C(=O)OCC)=C(\C)O)=C(\C)O. The second-order valence-corrected chi connectivity index (χ2v) is 8.05. The van der Waals surface area contributed by atoms with Gasteiger partial charge in [-0.2, -0.15) is 0 Å². The zero-order valence-electron chi connectivity index (χ0n) is 23.0. The van der Waals surface area contributed by atoms with Crippen molar-refractivity contribution in [2.75, 3.05) is 26.4 Å². The Balaban J connectivity index is 1.93. The first-order valence-corrected chi connectivity index (χ1v) is 12.7. The van der Waals surface area contributed by atoms with E-state index in [-0.39, 0.29) is 36.1 Å². The van der Waals surface area contributed by atoms with Crippen molar-refractivity contribution in [2.24, 2.45) is 20.5 Å². The van der Waals surface area contributed by atoms with Crippen molar-refractivity contribution in [3.63, 3.8) is 0 Å². The molecule has 40 heavy (non-hydrogen) atoms. The molecule has 0 spiro atoms. The summed E-state index contributed by atoms with van der Waals surface area (Å²) >= 11 is 0. The van der Waals surface area contributed by atoms with Crippen LogP contribution in [0, 0.1) is 0 Å². The summed E-state index contributed by atoms with van der Waals surface area (Å²) in [5, 5.41) is 35.3. The van der Waals surface area contributed by atoms with Gasteiger partial charge in [0.25, 0.3) is 0 Å². The number of hydrogen-bond acceptors (Lipinski definition) is 12. The lowest BCUT2D eigenvalue weighted by Crippen LogP contribution is -2.07. The van der Waals surface area contributed by atoms with Gasteiger partial charge in [-0.25, -0.2) is 9.59 Å². The van der Waals surface area contributed by atoms with Crippen molar-refractivity contribution in [3.8, 4) is 11.5 Å². The fraction of sp³-hybridized carbons (Fsp3) is 0.357. The van der Waals surface area contributed by atoms with Crippen LogP contribution < -0.4 is 9.47 Å². The minimum atomic E-state index is -0.771. The van der Waals surface area contributed by atoms with Crippen LogP contribution in [-0.2, 0) is 19.1 Å². The molecule has 0 saturated heterocycles. The number of aliphatic hydroxyl groups excluding tert-OH is 2. The van der Waals surface area contributed by atoms with Gasteiger partial charge < -0.3 is 29.2 Å². The van der Waals surface area contributed by atoms with Gasteiger partial charge in [-0.1, -0.05) is 24.3 Å². The van der Waals surface area contributed by atoms with E-state index in [0.717, 1.165) is 0 Å². The summed E-state index contributed by atoms with van der Waals surface area (Å²) in [5.41, 5.74) is 0.201. The lowest BCUT2D eigenvalue weighted by atomic mass is 10.3. The number of carbonyl (C=O) groups is 2. The van der Waals surface area contributed by atoms with E-state index in [0.29, 0.717) is 48.9 Å². The number of ether oxygens (including phenoxy) is 4. The molecule has 2 N–H and O–H groups in total. The molecule has 0 heterocycles. The van der Waals surface area contributed by atoms with Gasteiger partial charge in [-0.15, -0.1) is 20.5 Å². The number of carbonyl (C=O) groups excluding carboxylic acids is 2. The molecule has 0 amide bonds. The highest BCUT2D eigenvalue weighted by Gasteiger charge is 2.15. The van der Waals surface area contributed by atoms with Crippen LogP contribution in [0.5, 0.6) is 11.5 Å². The van der Waals surface area contributed by atoms with Crippen molar-refractivity contribution in [1.29, 1.82) is 0 Å².